The van der Waals surface area contributed by atoms with Gasteiger partial charge in [0.1, 0.15) is 17.9 Å². The zero-order chi connectivity index (χ0) is 25.0. The molecule has 0 spiro atoms. The van der Waals surface area contributed by atoms with E-state index in [0.29, 0.717) is 16.1 Å². The van der Waals surface area contributed by atoms with Crippen molar-refractivity contribution in [1.29, 1.82) is 0 Å². The molecule has 2 aliphatic rings. The molecule has 2 atom stereocenters. The average molecular weight is 520 g/mol. The molecule has 0 radical (unpaired) electrons. The number of hydrogen-bond acceptors (Lipinski definition) is 4. The van der Waals surface area contributed by atoms with Crippen LogP contribution in [0.25, 0.3) is 0 Å². The van der Waals surface area contributed by atoms with Gasteiger partial charge >= 0.3 is 5.97 Å². The number of nitrogens with zero attached hydrogens (tertiary/aromatic N) is 2. The third-order valence-corrected chi connectivity index (χ3v) is 8.83. The summed E-state index contributed by atoms with van der Waals surface area (Å²) >= 11 is 12.2. The van der Waals surface area contributed by atoms with E-state index in [1.165, 1.54) is 0 Å². The lowest BCUT2D eigenvalue weighted by Crippen LogP contribution is -2.60. The van der Waals surface area contributed by atoms with E-state index in [0.717, 1.165) is 69.5 Å². The molecule has 0 aliphatic carbocycles. The normalized spacial score (nSPS) is 22.6. The van der Waals surface area contributed by atoms with Crippen molar-refractivity contribution in [3.8, 4) is 5.75 Å². The first-order valence-corrected chi connectivity index (χ1v) is 13.5. The smallest absolute Gasteiger partial charge is 0.325 e. The van der Waals surface area contributed by atoms with Gasteiger partial charge in [-0.05, 0) is 56.2 Å². The topological polar surface area (TPSA) is 53.0 Å². The third kappa shape index (κ3) is 5.80. The van der Waals surface area contributed by atoms with Crippen LogP contribution in [0.15, 0.2) is 48.5 Å². The maximum absolute atomic E-state index is 12.4. The van der Waals surface area contributed by atoms with Crippen LogP contribution in [0.2, 0.25) is 10.0 Å². The van der Waals surface area contributed by atoms with Gasteiger partial charge in [0.25, 0.3) is 0 Å². The molecule has 2 aliphatic heterocycles. The SMILES string of the molecule is CCC1(CC)CC(N2CCC(Oc3ccc(Cl)c(Cl)c3)CC2)CCN1[C@@H](C(=O)O)c1ccccc1. The minimum absolute atomic E-state index is 0.130. The predicted octanol–water partition coefficient (Wildman–Crippen LogP) is 6.69. The first-order valence-electron chi connectivity index (χ1n) is 12.8. The number of aliphatic carboxylic acids is 1. The van der Waals surface area contributed by atoms with Gasteiger partial charge in [-0.1, -0.05) is 67.4 Å². The van der Waals surface area contributed by atoms with Crippen LogP contribution in [0, 0.1) is 0 Å². The number of piperidine rings is 2. The van der Waals surface area contributed by atoms with Crippen molar-refractivity contribution in [2.24, 2.45) is 0 Å². The molecule has 4 rings (SSSR count). The summed E-state index contributed by atoms with van der Waals surface area (Å²) in [5, 5.41) is 11.3. The number of carboxylic acid groups (broad SMARTS) is 1. The second-order valence-corrected chi connectivity index (χ2v) is 10.7. The first-order chi connectivity index (χ1) is 16.9. The Kier molecular flexibility index (Phi) is 8.64. The summed E-state index contributed by atoms with van der Waals surface area (Å²) in [6, 6.07) is 15.0. The second kappa shape index (κ2) is 11.5. The molecule has 7 heteroatoms. The van der Waals surface area contributed by atoms with Gasteiger partial charge in [-0.2, -0.15) is 0 Å². The van der Waals surface area contributed by atoms with Crippen molar-refractivity contribution in [2.45, 2.75) is 76.1 Å². The summed E-state index contributed by atoms with van der Waals surface area (Å²) in [5.74, 6) is 0.00366. The maximum atomic E-state index is 12.4. The van der Waals surface area contributed by atoms with E-state index in [1.807, 2.05) is 36.4 Å². The largest absolute Gasteiger partial charge is 0.490 e. The van der Waals surface area contributed by atoms with Crippen molar-refractivity contribution < 1.29 is 14.6 Å². The molecule has 1 N–H and O–H groups in total. The lowest BCUT2D eigenvalue weighted by Gasteiger charge is -2.54. The Balaban J connectivity index is 1.42. The van der Waals surface area contributed by atoms with Crippen molar-refractivity contribution in [2.75, 3.05) is 19.6 Å². The fourth-order valence-electron chi connectivity index (χ4n) is 6.04. The van der Waals surface area contributed by atoms with E-state index in [2.05, 4.69) is 23.6 Å². The summed E-state index contributed by atoms with van der Waals surface area (Å²) in [6.45, 7) is 7.18. The highest BCUT2D eigenvalue weighted by atomic mass is 35.5. The van der Waals surface area contributed by atoms with E-state index in [1.54, 1.807) is 12.1 Å². The molecule has 35 heavy (non-hydrogen) atoms. The molecule has 0 saturated carbocycles. The Hall–Kier alpha value is -1.79. The highest BCUT2D eigenvalue weighted by molar-refractivity contribution is 6.42. The van der Waals surface area contributed by atoms with Crippen molar-refractivity contribution in [1.82, 2.24) is 9.80 Å². The Labute approximate surface area is 219 Å². The monoisotopic (exact) mass is 518 g/mol. The fourth-order valence-corrected chi connectivity index (χ4v) is 6.32. The Morgan fingerprint density at radius 2 is 1.71 bits per heavy atom. The van der Waals surface area contributed by atoms with Crippen LogP contribution >= 0.6 is 23.2 Å². The van der Waals surface area contributed by atoms with Gasteiger partial charge in [0.05, 0.1) is 10.0 Å². The molecule has 0 aromatic heterocycles. The summed E-state index contributed by atoms with van der Waals surface area (Å²) in [7, 11) is 0. The standard InChI is InChI=1S/C28H36Cl2N2O3/c1-3-28(4-2)19-21(12-17-32(28)26(27(33)34)20-8-6-5-7-9-20)31-15-13-22(14-16-31)35-23-10-11-24(29)25(30)18-23/h5-11,18,21-22,26H,3-4,12-17,19H2,1-2H3,(H,33,34)/t21?,26-/m1/s1. The summed E-state index contributed by atoms with van der Waals surface area (Å²) in [5.41, 5.74) is 0.736. The third-order valence-electron chi connectivity index (χ3n) is 8.09. The number of benzene rings is 2. The van der Waals surface area contributed by atoms with Gasteiger partial charge in [0.2, 0.25) is 0 Å². The lowest BCUT2D eigenvalue weighted by atomic mass is 9.77. The molecule has 2 aromatic carbocycles. The van der Waals surface area contributed by atoms with Gasteiger partial charge < -0.3 is 9.84 Å². The fraction of sp³-hybridized carbons (Fsp3) is 0.536. The number of hydrogen-bond donors (Lipinski definition) is 1. The average Bonchev–Trinajstić information content (AvgIpc) is 2.87. The first kappa shape index (κ1) is 26.3. The molecular weight excluding hydrogens is 483 g/mol. The van der Waals surface area contributed by atoms with Gasteiger partial charge in [0.15, 0.2) is 0 Å². The van der Waals surface area contributed by atoms with Gasteiger partial charge in [-0.15, -0.1) is 0 Å². The highest BCUT2D eigenvalue weighted by Crippen LogP contribution is 2.42. The molecule has 2 aromatic rings. The molecule has 2 heterocycles. The minimum atomic E-state index is -0.763. The lowest BCUT2D eigenvalue weighted by molar-refractivity contribution is -0.150. The predicted molar refractivity (Wildman–Crippen MR) is 142 cm³/mol. The van der Waals surface area contributed by atoms with Gasteiger partial charge in [-0.25, -0.2) is 0 Å². The summed E-state index contributed by atoms with van der Waals surface area (Å²) in [4.78, 5) is 17.3. The molecule has 5 nitrogen and oxygen atoms in total. The van der Waals surface area contributed by atoms with Crippen LogP contribution in [-0.4, -0.2) is 58.2 Å². The van der Waals surface area contributed by atoms with E-state index in [4.69, 9.17) is 27.9 Å². The van der Waals surface area contributed by atoms with E-state index in [-0.39, 0.29) is 11.6 Å². The number of carboxylic acids is 1. The highest BCUT2D eigenvalue weighted by Gasteiger charge is 2.46. The number of carbonyl (C=O) groups is 1. The number of rotatable bonds is 8. The van der Waals surface area contributed by atoms with Crippen LogP contribution < -0.4 is 4.74 Å². The molecule has 1 unspecified atom stereocenters. The Morgan fingerprint density at radius 3 is 2.31 bits per heavy atom. The van der Waals surface area contributed by atoms with E-state index < -0.39 is 12.0 Å². The van der Waals surface area contributed by atoms with E-state index >= 15 is 0 Å². The number of likely N-dealkylation sites (tertiary alicyclic amines) is 2. The molecule has 0 amide bonds. The van der Waals surface area contributed by atoms with Crippen molar-refractivity contribution in [3.05, 3.63) is 64.1 Å². The molecule has 190 valence electrons. The van der Waals surface area contributed by atoms with Crippen LogP contribution in [0.3, 0.4) is 0 Å². The van der Waals surface area contributed by atoms with Crippen molar-refractivity contribution in [3.63, 3.8) is 0 Å². The molecule has 2 saturated heterocycles. The number of halogens is 2. The van der Waals surface area contributed by atoms with Gasteiger partial charge in [-0.3, -0.25) is 14.6 Å². The zero-order valence-corrected chi connectivity index (χ0v) is 22.1. The van der Waals surface area contributed by atoms with Crippen LogP contribution in [0.1, 0.15) is 64.0 Å². The van der Waals surface area contributed by atoms with E-state index in [9.17, 15) is 9.90 Å². The van der Waals surface area contributed by atoms with Crippen LogP contribution in [0.4, 0.5) is 0 Å². The van der Waals surface area contributed by atoms with Crippen molar-refractivity contribution >= 4 is 29.2 Å². The Morgan fingerprint density at radius 1 is 1.03 bits per heavy atom. The quantitative estimate of drug-likeness (QED) is 0.421. The molecular formula is C28H36Cl2N2O3. The zero-order valence-electron chi connectivity index (χ0n) is 20.6. The Bertz CT molecular complexity index is 991. The number of ether oxygens (including phenoxy) is 1. The second-order valence-electron chi connectivity index (χ2n) is 9.85. The maximum Gasteiger partial charge on any atom is 0.325 e. The molecule has 2 fully saturated rings. The summed E-state index contributed by atoms with van der Waals surface area (Å²) < 4.78 is 6.19. The van der Waals surface area contributed by atoms with Gasteiger partial charge in [0, 0.05) is 37.3 Å². The minimum Gasteiger partial charge on any atom is -0.490 e. The van der Waals surface area contributed by atoms with Crippen LogP contribution in [-0.2, 0) is 4.79 Å². The van der Waals surface area contributed by atoms with Crippen LogP contribution in [0.5, 0.6) is 5.75 Å². The molecule has 0 bridgehead atoms. The summed E-state index contributed by atoms with van der Waals surface area (Å²) in [6.07, 6.45) is 5.95.